The van der Waals surface area contributed by atoms with Crippen LogP contribution >= 0.6 is 27.7 Å². The average molecular weight is 313 g/mol. The first-order valence-corrected chi connectivity index (χ1v) is 6.88. The molecule has 2 aromatic rings. The summed E-state index contributed by atoms with van der Waals surface area (Å²) < 4.78 is 2.97. The molecule has 2 rings (SSSR count). The van der Waals surface area contributed by atoms with Crippen LogP contribution in [0.15, 0.2) is 27.8 Å². The number of nitrogen functional groups attached to an aromatic ring is 1. The first-order chi connectivity index (χ1) is 8.08. The minimum Gasteiger partial charge on any atom is -0.398 e. The van der Waals surface area contributed by atoms with Gasteiger partial charge in [0.05, 0.1) is 0 Å². The molecule has 0 aliphatic heterocycles. The number of aryl methyl sites for hydroxylation is 1. The number of anilines is 1. The van der Waals surface area contributed by atoms with Gasteiger partial charge in [0.15, 0.2) is 5.16 Å². The van der Waals surface area contributed by atoms with Gasteiger partial charge in [-0.1, -0.05) is 33.8 Å². The van der Waals surface area contributed by atoms with E-state index in [1.807, 2.05) is 36.7 Å². The summed E-state index contributed by atoms with van der Waals surface area (Å²) >= 11 is 5.03. The summed E-state index contributed by atoms with van der Waals surface area (Å²) in [6.07, 6.45) is 0. The Kier molecular flexibility index (Phi) is 3.73. The summed E-state index contributed by atoms with van der Waals surface area (Å²) in [5.74, 6) is 1.71. The zero-order chi connectivity index (χ0) is 12.4. The van der Waals surface area contributed by atoms with Crippen molar-refractivity contribution in [3.63, 3.8) is 0 Å². The van der Waals surface area contributed by atoms with Crippen LogP contribution in [0.1, 0.15) is 11.4 Å². The molecule has 0 atom stereocenters. The maximum absolute atomic E-state index is 5.94. The molecule has 0 fully saturated rings. The average Bonchev–Trinajstić information content (AvgIpc) is 2.59. The molecule has 90 valence electrons. The van der Waals surface area contributed by atoms with Crippen LogP contribution in [0.5, 0.6) is 0 Å². The predicted octanol–water partition coefficient (Wildman–Crippen LogP) is 2.76. The second-order valence-corrected chi connectivity index (χ2v) is 5.58. The molecule has 0 spiro atoms. The van der Waals surface area contributed by atoms with Crippen molar-refractivity contribution in [1.29, 1.82) is 0 Å². The van der Waals surface area contributed by atoms with E-state index in [-0.39, 0.29) is 0 Å². The smallest absolute Gasteiger partial charge is 0.191 e. The van der Waals surface area contributed by atoms with Gasteiger partial charge in [-0.3, -0.25) is 0 Å². The third kappa shape index (κ3) is 2.81. The van der Waals surface area contributed by atoms with Crippen LogP contribution in [0.4, 0.5) is 5.69 Å². The Hall–Kier alpha value is -1.01. The number of nitrogens with zero attached hydrogens (tertiary/aromatic N) is 3. The lowest BCUT2D eigenvalue weighted by atomic mass is 10.2. The first kappa shape index (κ1) is 12.4. The molecule has 0 aliphatic carbocycles. The van der Waals surface area contributed by atoms with E-state index in [1.54, 1.807) is 11.8 Å². The lowest BCUT2D eigenvalue weighted by Gasteiger charge is -2.05. The van der Waals surface area contributed by atoms with Gasteiger partial charge >= 0.3 is 0 Å². The number of benzene rings is 1. The van der Waals surface area contributed by atoms with Gasteiger partial charge in [-0.15, -0.1) is 10.2 Å². The van der Waals surface area contributed by atoms with Crippen LogP contribution < -0.4 is 5.73 Å². The molecule has 1 aromatic carbocycles. The molecule has 6 heteroatoms. The van der Waals surface area contributed by atoms with Gasteiger partial charge in [-0.25, -0.2) is 0 Å². The molecule has 2 N–H and O–H groups in total. The van der Waals surface area contributed by atoms with E-state index in [0.29, 0.717) is 0 Å². The number of aromatic nitrogens is 3. The van der Waals surface area contributed by atoms with E-state index in [1.165, 1.54) is 0 Å². The first-order valence-electron chi connectivity index (χ1n) is 5.10. The van der Waals surface area contributed by atoms with Crippen molar-refractivity contribution < 1.29 is 0 Å². The van der Waals surface area contributed by atoms with Gasteiger partial charge in [-0.2, -0.15) is 0 Å². The number of halogens is 1. The highest BCUT2D eigenvalue weighted by atomic mass is 79.9. The molecule has 17 heavy (non-hydrogen) atoms. The van der Waals surface area contributed by atoms with E-state index < -0.39 is 0 Å². The summed E-state index contributed by atoms with van der Waals surface area (Å²) in [7, 11) is 1.96. The van der Waals surface area contributed by atoms with Gasteiger partial charge in [0, 0.05) is 23.0 Å². The van der Waals surface area contributed by atoms with Crippen LogP contribution in [0.3, 0.4) is 0 Å². The number of thioether (sulfide) groups is 1. The topological polar surface area (TPSA) is 56.7 Å². The molecule has 0 amide bonds. The van der Waals surface area contributed by atoms with Crippen LogP contribution in [0, 0.1) is 6.92 Å². The zero-order valence-electron chi connectivity index (χ0n) is 9.64. The standard InChI is InChI=1S/C11H13BrN4S/c1-7-14-15-11(16(7)2)17-6-8-3-4-9(12)5-10(8)13/h3-5H,6,13H2,1-2H3. The zero-order valence-corrected chi connectivity index (χ0v) is 12.0. The van der Waals surface area contributed by atoms with E-state index in [2.05, 4.69) is 26.1 Å². The summed E-state index contributed by atoms with van der Waals surface area (Å²) in [5, 5.41) is 9.03. The van der Waals surface area contributed by atoms with Crippen molar-refractivity contribution in [1.82, 2.24) is 14.8 Å². The maximum Gasteiger partial charge on any atom is 0.191 e. The fourth-order valence-electron chi connectivity index (χ4n) is 1.35. The monoisotopic (exact) mass is 312 g/mol. The molecule has 1 aromatic heterocycles. The molecule has 0 bridgehead atoms. The SMILES string of the molecule is Cc1nnc(SCc2ccc(Br)cc2N)n1C. The van der Waals surface area contributed by atoms with Crippen molar-refractivity contribution in [2.45, 2.75) is 17.8 Å². The Morgan fingerprint density at radius 2 is 2.18 bits per heavy atom. The molecule has 0 aliphatic rings. The highest BCUT2D eigenvalue weighted by molar-refractivity contribution is 9.10. The van der Waals surface area contributed by atoms with Crippen LogP contribution in [0.25, 0.3) is 0 Å². The van der Waals surface area contributed by atoms with E-state index in [9.17, 15) is 0 Å². The normalized spacial score (nSPS) is 10.8. The fraction of sp³-hybridized carbons (Fsp3) is 0.273. The lowest BCUT2D eigenvalue weighted by Crippen LogP contribution is -1.96. The highest BCUT2D eigenvalue weighted by Gasteiger charge is 2.07. The van der Waals surface area contributed by atoms with Crippen LogP contribution in [-0.2, 0) is 12.8 Å². The minimum absolute atomic E-state index is 0.797. The molecule has 1 heterocycles. The van der Waals surface area contributed by atoms with E-state index in [0.717, 1.165) is 32.5 Å². The van der Waals surface area contributed by atoms with Gasteiger partial charge in [0.1, 0.15) is 5.82 Å². The third-order valence-electron chi connectivity index (χ3n) is 2.52. The molecular formula is C11H13BrN4S. The predicted molar refractivity (Wildman–Crippen MR) is 73.9 cm³/mol. The minimum atomic E-state index is 0.797. The highest BCUT2D eigenvalue weighted by Crippen LogP contribution is 2.26. The fourth-order valence-corrected chi connectivity index (χ4v) is 2.70. The van der Waals surface area contributed by atoms with Crippen molar-refractivity contribution in [2.24, 2.45) is 7.05 Å². The Morgan fingerprint density at radius 3 is 2.76 bits per heavy atom. The van der Waals surface area contributed by atoms with Gasteiger partial charge in [-0.05, 0) is 24.6 Å². The number of rotatable bonds is 3. The Balaban J connectivity index is 2.10. The van der Waals surface area contributed by atoms with Crippen molar-refractivity contribution in [2.75, 3.05) is 5.73 Å². The molecule has 0 unspecified atom stereocenters. The van der Waals surface area contributed by atoms with Crippen molar-refractivity contribution in [3.8, 4) is 0 Å². The number of hydrogen-bond acceptors (Lipinski definition) is 4. The molecular weight excluding hydrogens is 300 g/mol. The second-order valence-electron chi connectivity index (χ2n) is 3.72. The van der Waals surface area contributed by atoms with Gasteiger partial charge in [0.2, 0.25) is 0 Å². The van der Waals surface area contributed by atoms with Crippen molar-refractivity contribution in [3.05, 3.63) is 34.1 Å². The largest absolute Gasteiger partial charge is 0.398 e. The van der Waals surface area contributed by atoms with E-state index in [4.69, 9.17) is 5.73 Å². The molecule has 0 radical (unpaired) electrons. The summed E-state index contributed by atoms with van der Waals surface area (Å²) in [6.45, 7) is 1.94. The number of hydrogen-bond donors (Lipinski definition) is 1. The molecule has 0 saturated carbocycles. The van der Waals surface area contributed by atoms with E-state index >= 15 is 0 Å². The summed E-state index contributed by atoms with van der Waals surface area (Å²) in [5.41, 5.74) is 7.85. The second kappa shape index (κ2) is 5.10. The maximum atomic E-state index is 5.94. The molecule has 0 saturated heterocycles. The number of nitrogens with two attached hydrogens (primary N) is 1. The quantitative estimate of drug-likeness (QED) is 0.699. The lowest BCUT2D eigenvalue weighted by molar-refractivity contribution is 0.765. The summed E-state index contributed by atoms with van der Waals surface area (Å²) in [6, 6.07) is 5.93. The third-order valence-corrected chi connectivity index (χ3v) is 4.08. The molecule has 4 nitrogen and oxygen atoms in total. The van der Waals surface area contributed by atoms with Crippen LogP contribution in [-0.4, -0.2) is 14.8 Å². The Labute approximate surface area is 113 Å². The van der Waals surface area contributed by atoms with Crippen molar-refractivity contribution >= 4 is 33.4 Å². The van der Waals surface area contributed by atoms with Gasteiger partial charge in [0.25, 0.3) is 0 Å². The summed E-state index contributed by atoms with van der Waals surface area (Å²) in [4.78, 5) is 0. The van der Waals surface area contributed by atoms with Crippen LogP contribution in [0.2, 0.25) is 0 Å². The van der Waals surface area contributed by atoms with Gasteiger partial charge < -0.3 is 10.3 Å². The Bertz CT molecular complexity index is 538. The Morgan fingerprint density at radius 1 is 1.41 bits per heavy atom.